The van der Waals surface area contributed by atoms with E-state index in [0.29, 0.717) is 6.42 Å². The molecule has 0 saturated heterocycles. The minimum absolute atomic E-state index is 0.0265. The van der Waals surface area contributed by atoms with E-state index in [-0.39, 0.29) is 44.0 Å². The molecule has 3 rings (SSSR count). The maximum atomic E-state index is 12.6. The van der Waals surface area contributed by atoms with Crippen LogP contribution in [0.5, 0.6) is 0 Å². The summed E-state index contributed by atoms with van der Waals surface area (Å²) in [6.07, 6.45) is 2.03. The first-order valence-electron chi connectivity index (χ1n) is 11.7. The number of ether oxygens (including phenoxy) is 2. The topological polar surface area (TPSA) is 114 Å². The second-order valence-electron chi connectivity index (χ2n) is 8.31. The lowest BCUT2D eigenvalue weighted by Gasteiger charge is -2.20. The predicted molar refractivity (Wildman–Crippen MR) is 128 cm³/mol. The van der Waals surface area contributed by atoms with Gasteiger partial charge in [0.2, 0.25) is 5.91 Å². The lowest BCUT2D eigenvalue weighted by molar-refractivity contribution is -0.142. The van der Waals surface area contributed by atoms with Gasteiger partial charge in [0.15, 0.2) is 0 Å². The van der Waals surface area contributed by atoms with Crippen LogP contribution in [0, 0.1) is 0 Å². The van der Waals surface area contributed by atoms with Gasteiger partial charge in [-0.25, -0.2) is 9.59 Å². The number of carbonyl (C=O) groups is 3. The number of fused-ring (bicyclic) bond motifs is 3. The van der Waals surface area contributed by atoms with E-state index in [2.05, 4.69) is 34.9 Å². The van der Waals surface area contributed by atoms with E-state index in [9.17, 15) is 14.4 Å². The minimum Gasteiger partial charge on any atom is -0.480 e. The summed E-state index contributed by atoms with van der Waals surface area (Å²) in [5, 5.41) is 14.1. The van der Waals surface area contributed by atoms with Gasteiger partial charge in [0, 0.05) is 24.9 Å². The highest BCUT2D eigenvalue weighted by Crippen LogP contribution is 2.44. The molecule has 8 nitrogen and oxygen atoms in total. The third kappa shape index (κ3) is 7.05. The molecule has 0 radical (unpaired) electrons. The van der Waals surface area contributed by atoms with E-state index in [1.807, 2.05) is 31.2 Å². The molecule has 0 spiro atoms. The molecule has 2 amide bonds. The van der Waals surface area contributed by atoms with Crippen molar-refractivity contribution in [3.8, 4) is 11.1 Å². The van der Waals surface area contributed by atoms with Crippen LogP contribution in [-0.4, -0.2) is 55.5 Å². The van der Waals surface area contributed by atoms with Gasteiger partial charge in [0.25, 0.3) is 0 Å². The standard InChI is InChI=1S/C26H32N2O6/c1-2-3-8-18(15-24(29)27-13-14-33-17-25(30)31)28-26(32)34-16-23-21-11-6-4-9-19(21)20-10-5-7-12-22(20)23/h4-7,9-12,18,23H,2-3,8,13-17H2,1H3,(H,27,29)(H,28,32)(H,30,31). The lowest BCUT2D eigenvalue weighted by Crippen LogP contribution is -2.40. The van der Waals surface area contributed by atoms with Crippen molar-refractivity contribution in [2.45, 2.75) is 44.6 Å². The van der Waals surface area contributed by atoms with Crippen molar-refractivity contribution in [3.63, 3.8) is 0 Å². The highest BCUT2D eigenvalue weighted by molar-refractivity contribution is 5.79. The molecule has 3 N–H and O–H groups in total. The Morgan fingerprint density at radius 3 is 2.29 bits per heavy atom. The molecule has 0 aliphatic heterocycles. The first kappa shape index (κ1) is 25.2. The number of benzene rings is 2. The zero-order valence-corrected chi connectivity index (χ0v) is 19.4. The molecule has 34 heavy (non-hydrogen) atoms. The Morgan fingerprint density at radius 1 is 1.03 bits per heavy atom. The molecule has 2 aromatic carbocycles. The number of nitrogens with one attached hydrogen (secondary N) is 2. The quantitative estimate of drug-likeness (QED) is 0.386. The second-order valence-corrected chi connectivity index (χ2v) is 8.31. The molecule has 1 aliphatic carbocycles. The molecule has 1 aliphatic rings. The van der Waals surface area contributed by atoms with Gasteiger partial charge in [-0.2, -0.15) is 0 Å². The number of carboxylic acid groups (broad SMARTS) is 1. The third-order valence-corrected chi connectivity index (χ3v) is 5.80. The summed E-state index contributed by atoms with van der Waals surface area (Å²) in [6, 6.07) is 15.9. The Kier molecular flexibility index (Phi) is 9.46. The highest BCUT2D eigenvalue weighted by atomic mass is 16.5. The summed E-state index contributed by atoms with van der Waals surface area (Å²) in [6.45, 7) is 2.17. The van der Waals surface area contributed by atoms with E-state index in [0.717, 1.165) is 35.1 Å². The van der Waals surface area contributed by atoms with Crippen molar-refractivity contribution in [2.75, 3.05) is 26.4 Å². The molecule has 1 atom stereocenters. The normalized spacial score (nSPS) is 13.0. The summed E-state index contributed by atoms with van der Waals surface area (Å²) in [4.78, 5) is 35.3. The maximum Gasteiger partial charge on any atom is 0.407 e. The summed E-state index contributed by atoms with van der Waals surface area (Å²) in [7, 11) is 0. The number of amides is 2. The van der Waals surface area contributed by atoms with Crippen molar-refractivity contribution in [2.24, 2.45) is 0 Å². The molecule has 0 aromatic heterocycles. The molecule has 2 aromatic rings. The summed E-state index contributed by atoms with van der Waals surface area (Å²) in [5.74, 6) is -1.32. The fourth-order valence-corrected chi connectivity index (χ4v) is 4.20. The average Bonchev–Trinajstić information content (AvgIpc) is 3.14. The molecule has 0 bridgehead atoms. The predicted octanol–water partition coefficient (Wildman–Crippen LogP) is 3.69. The van der Waals surface area contributed by atoms with Crippen LogP contribution >= 0.6 is 0 Å². The monoisotopic (exact) mass is 468 g/mol. The fraction of sp³-hybridized carbons (Fsp3) is 0.423. The molecular formula is C26H32N2O6. The van der Waals surface area contributed by atoms with Gasteiger partial charge < -0.3 is 25.2 Å². The van der Waals surface area contributed by atoms with E-state index in [1.54, 1.807) is 0 Å². The number of alkyl carbamates (subject to hydrolysis) is 1. The maximum absolute atomic E-state index is 12.6. The van der Waals surface area contributed by atoms with Gasteiger partial charge in [-0.05, 0) is 28.7 Å². The number of carboxylic acids is 1. The van der Waals surface area contributed by atoms with Crippen LogP contribution in [0.1, 0.15) is 49.7 Å². The van der Waals surface area contributed by atoms with Crippen LogP contribution in [0.25, 0.3) is 11.1 Å². The number of rotatable bonds is 13. The number of hydrogen-bond acceptors (Lipinski definition) is 5. The summed E-state index contributed by atoms with van der Waals surface area (Å²) < 4.78 is 10.5. The van der Waals surface area contributed by atoms with Gasteiger partial charge in [-0.1, -0.05) is 68.3 Å². The summed E-state index contributed by atoms with van der Waals surface area (Å²) in [5.41, 5.74) is 4.61. The van der Waals surface area contributed by atoms with Crippen LogP contribution in [0.3, 0.4) is 0 Å². The van der Waals surface area contributed by atoms with Gasteiger partial charge in [0.1, 0.15) is 13.2 Å². The number of carbonyl (C=O) groups excluding carboxylic acids is 2. The van der Waals surface area contributed by atoms with Gasteiger partial charge in [-0.3, -0.25) is 4.79 Å². The Labute approximate surface area is 199 Å². The zero-order chi connectivity index (χ0) is 24.3. The van der Waals surface area contributed by atoms with E-state index in [4.69, 9.17) is 14.6 Å². The second kappa shape index (κ2) is 12.7. The van der Waals surface area contributed by atoms with E-state index >= 15 is 0 Å². The average molecular weight is 469 g/mol. The van der Waals surface area contributed by atoms with Crippen molar-refractivity contribution in [1.29, 1.82) is 0 Å². The van der Waals surface area contributed by atoms with Crippen LogP contribution in [0.4, 0.5) is 4.79 Å². The number of hydrogen-bond donors (Lipinski definition) is 3. The smallest absolute Gasteiger partial charge is 0.407 e. The first-order valence-corrected chi connectivity index (χ1v) is 11.7. The number of unbranched alkanes of at least 4 members (excludes halogenated alkanes) is 1. The number of aliphatic carboxylic acids is 1. The SMILES string of the molecule is CCCCC(CC(=O)NCCOCC(=O)O)NC(=O)OCC1c2ccccc2-c2ccccc21. The highest BCUT2D eigenvalue weighted by Gasteiger charge is 2.29. The zero-order valence-electron chi connectivity index (χ0n) is 19.4. The van der Waals surface area contributed by atoms with Crippen molar-refractivity contribution in [1.82, 2.24) is 10.6 Å². The largest absolute Gasteiger partial charge is 0.480 e. The molecule has 0 saturated carbocycles. The van der Waals surface area contributed by atoms with E-state index in [1.165, 1.54) is 0 Å². The molecular weight excluding hydrogens is 436 g/mol. The van der Waals surface area contributed by atoms with Crippen LogP contribution in [0.15, 0.2) is 48.5 Å². The van der Waals surface area contributed by atoms with Gasteiger partial charge >= 0.3 is 12.1 Å². The van der Waals surface area contributed by atoms with Gasteiger partial charge in [-0.15, -0.1) is 0 Å². The Bertz CT molecular complexity index is 947. The molecule has 0 heterocycles. The summed E-state index contributed by atoms with van der Waals surface area (Å²) >= 11 is 0. The van der Waals surface area contributed by atoms with Crippen LogP contribution in [-0.2, 0) is 19.1 Å². The van der Waals surface area contributed by atoms with Crippen LogP contribution in [0.2, 0.25) is 0 Å². The third-order valence-electron chi connectivity index (χ3n) is 5.80. The first-order chi connectivity index (χ1) is 16.5. The van der Waals surface area contributed by atoms with Crippen LogP contribution < -0.4 is 10.6 Å². The molecule has 8 heteroatoms. The molecule has 1 unspecified atom stereocenters. The van der Waals surface area contributed by atoms with Crippen molar-refractivity contribution >= 4 is 18.0 Å². The van der Waals surface area contributed by atoms with Crippen molar-refractivity contribution in [3.05, 3.63) is 59.7 Å². The Balaban J connectivity index is 1.51. The van der Waals surface area contributed by atoms with Gasteiger partial charge in [0.05, 0.1) is 6.61 Å². The molecule has 0 fully saturated rings. The molecule has 182 valence electrons. The Hall–Kier alpha value is -3.39. The minimum atomic E-state index is -1.06. The fourth-order valence-electron chi connectivity index (χ4n) is 4.20. The van der Waals surface area contributed by atoms with Crippen molar-refractivity contribution < 1.29 is 29.0 Å². The van der Waals surface area contributed by atoms with E-state index < -0.39 is 18.7 Å². The lowest BCUT2D eigenvalue weighted by atomic mass is 9.98. The Morgan fingerprint density at radius 2 is 1.68 bits per heavy atom.